The number of hydrogen-bond acceptors (Lipinski definition) is 5. The van der Waals surface area contributed by atoms with Crippen LogP contribution >= 0.6 is 34.4 Å². The molecule has 1 heterocycles. The van der Waals surface area contributed by atoms with Crippen LogP contribution in [-0.2, 0) is 11.4 Å². The second kappa shape index (κ2) is 9.04. The average molecular weight is 480 g/mol. The van der Waals surface area contributed by atoms with Crippen molar-refractivity contribution in [1.29, 1.82) is 0 Å². The van der Waals surface area contributed by atoms with Crippen LogP contribution < -0.4 is 10.1 Å². The number of carbonyl (C=O) groups excluding carboxylic acids is 1. The summed E-state index contributed by atoms with van der Waals surface area (Å²) < 4.78 is 6.77. The maximum absolute atomic E-state index is 12.0. The highest BCUT2D eigenvalue weighted by Gasteiger charge is 2.08. The Balaban J connectivity index is 1.45. The number of nitrogens with one attached hydrogen (secondary N) is 2. The lowest BCUT2D eigenvalue weighted by Gasteiger charge is -2.04. The van der Waals surface area contributed by atoms with E-state index in [9.17, 15) is 4.79 Å². The van der Waals surface area contributed by atoms with Gasteiger partial charge in [0.2, 0.25) is 11.1 Å². The molecule has 3 rings (SSSR count). The molecule has 0 unspecified atom stereocenters. The number of ether oxygens (including phenoxy) is 1. The first-order valence-corrected chi connectivity index (χ1v) is 9.94. The van der Waals surface area contributed by atoms with Crippen LogP contribution in [0, 0.1) is 10.5 Å². The molecule has 26 heavy (non-hydrogen) atoms. The molecule has 2 N–H and O–H groups in total. The van der Waals surface area contributed by atoms with E-state index in [1.54, 1.807) is 0 Å². The third-order valence-corrected chi connectivity index (χ3v) is 4.93. The topological polar surface area (TPSA) is 79.9 Å². The van der Waals surface area contributed by atoms with Crippen molar-refractivity contribution in [3.8, 4) is 5.75 Å². The first-order valence-electron chi connectivity index (χ1n) is 7.87. The Kier molecular flexibility index (Phi) is 6.51. The highest BCUT2D eigenvalue weighted by molar-refractivity contribution is 14.1. The highest BCUT2D eigenvalue weighted by atomic mass is 127. The third kappa shape index (κ3) is 5.73. The number of halogens is 1. The van der Waals surface area contributed by atoms with Crippen molar-refractivity contribution >= 4 is 45.9 Å². The van der Waals surface area contributed by atoms with Crippen molar-refractivity contribution in [2.45, 2.75) is 18.7 Å². The molecule has 6 nitrogen and oxygen atoms in total. The van der Waals surface area contributed by atoms with Crippen molar-refractivity contribution in [1.82, 2.24) is 15.2 Å². The van der Waals surface area contributed by atoms with Gasteiger partial charge in [-0.1, -0.05) is 29.5 Å². The van der Waals surface area contributed by atoms with Crippen LogP contribution in [-0.4, -0.2) is 26.8 Å². The summed E-state index contributed by atoms with van der Waals surface area (Å²) in [5.74, 6) is 1.53. The molecule has 134 valence electrons. The molecule has 3 aromatic rings. The maximum Gasteiger partial charge on any atom is 0.234 e. The minimum atomic E-state index is -0.0986. The van der Waals surface area contributed by atoms with Gasteiger partial charge in [0.25, 0.3) is 0 Å². The molecule has 0 atom stereocenters. The van der Waals surface area contributed by atoms with E-state index in [1.165, 1.54) is 17.3 Å². The predicted octanol–water partition coefficient (Wildman–Crippen LogP) is 4.03. The molecule has 0 bridgehead atoms. The van der Waals surface area contributed by atoms with Gasteiger partial charge in [0.15, 0.2) is 5.82 Å². The molecule has 0 aliphatic carbocycles. The fourth-order valence-corrected chi connectivity index (χ4v) is 3.03. The summed E-state index contributed by atoms with van der Waals surface area (Å²) in [6.07, 6.45) is 0. The Morgan fingerprint density at radius 1 is 1.19 bits per heavy atom. The minimum Gasteiger partial charge on any atom is -0.486 e. The lowest BCUT2D eigenvalue weighted by molar-refractivity contribution is -0.113. The summed E-state index contributed by atoms with van der Waals surface area (Å²) in [5, 5.41) is 10.3. The van der Waals surface area contributed by atoms with E-state index >= 15 is 0 Å². The number of H-pyrrole nitrogens is 1. The van der Waals surface area contributed by atoms with Gasteiger partial charge in [-0.2, -0.15) is 0 Å². The van der Waals surface area contributed by atoms with Crippen LogP contribution in [0.25, 0.3) is 0 Å². The Morgan fingerprint density at radius 3 is 2.65 bits per heavy atom. The molecule has 2 aromatic carbocycles. The van der Waals surface area contributed by atoms with Crippen LogP contribution in [0.2, 0.25) is 0 Å². The van der Waals surface area contributed by atoms with Crippen molar-refractivity contribution in [2.75, 3.05) is 11.1 Å². The fourth-order valence-electron chi connectivity index (χ4n) is 2.05. The van der Waals surface area contributed by atoms with Gasteiger partial charge in [0.1, 0.15) is 12.4 Å². The lowest BCUT2D eigenvalue weighted by atomic mass is 10.2. The van der Waals surface area contributed by atoms with Crippen LogP contribution in [0.5, 0.6) is 5.75 Å². The van der Waals surface area contributed by atoms with Crippen LogP contribution in [0.15, 0.2) is 53.7 Å². The molecule has 8 heteroatoms. The number of nitrogens with zero attached hydrogens (tertiary/aromatic N) is 2. The van der Waals surface area contributed by atoms with Crippen LogP contribution in [0.4, 0.5) is 5.69 Å². The molecule has 0 aliphatic heterocycles. The van der Waals surface area contributed by atoms with E-state index < -0.39 is 0 Å². The van der Waals surface area contributed by atoms with Crippen molar-refractivity contribution in [2.24, 2.45) is 0 Å². The zero-order valence-corrected chi connectivity index (χ0v) is 17.0. The number of rotatable bonds is 7. The van der Waals surface area contributed by atoms with Gasteiger partial charge in [-0.05, 0) is 65.9 Å². The normalized spacial score (nSPS) is 10.5. The summed E-state index contributed by atoms with van der Waals surface area (Å²) in [5.41, 5.74) is 1.96. The molecule has 0 aliphatic rings. The SMILES string of the molecule is Cc1ccc(OCc2nc(SCC(=O)Nc3ccc(I)cc3)n[nH]2)cc1. The average Bonchev–Trinajstić information content (AvgIpc) is 3.09. The number of thioether (sulfide) groups is 1. The summed E-state index contributed by atoms with van der Waals surface area (Å²) >= 11 is 3.49. The van der Waals surface area contributed by atoms with Crippen molar-refractivity contribution < 1.29 is 9.53 Å². The first kappa shape index (κ1) is 18.7. The molecule has 1 amide bonds. The van der Waals surface area contributed by atoms with E-state index in [1.807, 2.05) is 55.5 Å². The van der Waals surface area contributed by atoms with Crippen LogP contribution in [0.1, 0.15) is 11.4 Å². The van der Waals surface area contributed by atoms with Crippen molar-refractivity contribution in [3.63, 3.8) is 0 Å². The van der Waals surface area contributed by atoms with Gasteiger partial charge >= 0.3 is 0 Å². The first-order chi connectivity index (χ1) is 12.6. The second-order valence-corrected chi connectivity index (χ2v) is 7.70. The van der Waals surface area contributed by atoms with Gasteiger partial charge in [-0.25, -0.2) is 4.98 Å². The number of carbonyl (C=O) groups is 1. The minimum absolute atomic E-state index is 0.0986. The molecule has 0 radical (unpaired) electrons. The second-order valence-electron chi connectivity index (χ2n) is 5.51. The standard InChI is InChI=1S/C18H17IN4O2S/c1-12-2-8-15(9-3-12)25-10-16-21-18(23-22-16)26-11-17(24)20-14-6-4-13(19)5-7-14/h2-9H,10-11H2,1H3,(H,20,24)(H,21,22,23). The van der Waals surface area contributed by atoms with E-state index in [-0.39, 0.29) is 11.7 Å². The van der Waals surface area contributed by atoms with Gasteiger partial charge in [-0.15, -0.1) is 5.10 Å². The zero-order valence-electron chi connectivity index (χ0n) is 14.0. The molecule has 0 spiro atoms. The van der Waals surface area contributed by atoms with E-state index in [0.29, 0.717) is 17.6 Å². The Hall–Kier alpha value is -2.07. The summed E-state index contributed by atoms with van der Waals surface area (Å²) in [4.78, 5) is 16.3. The Morgan fingerprint density at radius 2 is 1.92 bits per heavy atom. The lowest BCUT2D eigenvalue weighted by Crippen LogP contribution is -2.14. The van der Waals surface area contributed by atoms with E-state index in [0.717, 1.165) is 15.0 Å². The number of aryl methyl sites for hydroxylation is 1. The number of anilines is 1. The largest absolute Gasteiger partial charge is 0.486 e. The van der Waals surface area contributed by atoms with Crippen molar-refractivity contribution in [3.05, 3.63) is 63.5 Å². The molecule has 1 aromatic heterocycles. The van der Waals surface area contributed by atoms with Gasteiger partial charge in [0.05, 0.1) is 5.75 Å². The predicted molar refractivity (Wildman–Crippen MR) is 110 cm³/mol. The summed E-state index contributed by atoms with van der Waals surface area (Å²) in [6.45, 7) is 2.32. The monoisotopic (exact) mass is 480 g/mol. The van der Waals surface area contributed by atoms with Crippen LogP contribution in [0.3, 0.4) is 0 Å². The smallest absolute Gasteiger partial charge is 0.234 e. The van der Waals surface area contributed by atoms with E-state index in [4.69, 9.17) is 4.74 Å². The maximum atomic E-state index is 12.0. The third-order valence-electron chi connectivity index (χ3n) is 3.37. The number of benzene rings is 2. The number of hydrogen-bond donors (Lipinski definition) is 2. The van der Waals surface area contributed by atoms with Gasteiger partial charge < -0.3 is 10.1 Å². The van der Waals surface area contributed by atoms with Gasteiger partial charge in [0, 0.05) is 9.26 Å². The number of aromatic amines is 1. The van der Waals surface area contributed by atoms with Gasteiger partial charge in [-0.3, -0.25) is 9.89 Å². The quantitative estimate of drug-likeness (QED) is 0.395. The summed E-state index contributed by atoms with van der Waals surface area (Å²) in [6, 6.07) is 15.4. The molecular formula is C18H17IN4O2S. The summed E-state index contributed by atoms with van der Waals surface area (Å²) in [7, 11) is 0. The fraction of sp³-hybridized carbons (Fsp3) is 0.167. The number of aromatic nitrogens is 3. The zero-order chi connectivity index (χ0) is 18.4. The van der Waals surface area contributed by atoms with E-state index in [2.05, 4.69) is 43.1 Å². The Labute approximate surface area is 169 Å². The molecule has 0 saturated heterocycles. The Bertz CT molecular complexity index is 866. The molecule has 0 saturated carbocycles. The molecular weight excluding hydrogens is 463 g/mol. The number of amides is 1. The molecule has 0 fully saturated rings. The highest BCUT2D eigenvalue weighted by Crippen LogP contribution is 2.16.